The molecule has 3 rings (SSSR count). The van der Waals surface area contributed by atoms with Gasteiger partial charge in [0.25, 0.3) is 0 Å². The fourth-order valence-electron chi connectivity index (χ4n) is 2.16. The first-order valence-electron chi connectivity index (χ1n) is 5.26. The van der Waals surface area contributed by atoms with Gasteiger partial charge in [-0.2, -0.15) is 0 Å². The monoisotopic (exact) mass is 226 g/mol. The number of carboxylic acids is 1. The summed E-state index contributed by atoms with van der Waals surface area (Å²) < 4.78 is 0. The number of carboxylic acid groups (broad SMARTS) is 1. The molecule has 0 fully saturated rings. The minimum absolute atomic E-state index is 0.287. The summed E-state index contributed by atoms with van der Waals surface area (Å²) in [7, 11) is 0. The van der Waals surface area contributed by atoms with Gasteiger partial charge in [-0.25, -0.2) is 4.79 Å². The summed E-state index contributed by atoms with van der Waals surface area (Å²) in [5.41, 5.74) is 3.13. The molecule has 0 aliphatic heterocycles. The highest BCUT2D eigenvalue weighted by atomic mass is 16.4. The Morgan fingerprint density at radius 3 is 2.88 bits per heavy atom. The maximum Gasteiger partial charge on any atom is 0.335 e. The molecule has 2 aromatic heterocycles. The molecule has 17 heavy (non-hydrogen) atoms. The van der Waals surface area contributed by atoms with Gasteiger partial charge < -0.3 is 10.1 Å². The highest BCUT2D eigenvalue weighted by molar-refractivity contribution is 6.09. The van der Waals surface area contributed by atoms with E-state index in [0.29, 0.717) is 0 Å². The Balaban J connectivity index is 2.44. The highest BCUT2D eigenvalue weighted by Gasteiger charge is 2.09. The maximum atomic E-state index is 10.9. The fraction of sp³-hybridized carbons (Fsp3) is 0.0769. The van der Waals surface area contributed by atoms with Crippen molar-refractivity contribution in [2.75, 3.05) is 0 Å². The number of aryl methyl sites for hydroxylation is 1. The van der Waals surface area contributed by atoms with Gasteiger partial charge in [0.15, 0.2) is 0 Å². The summed E-state index contributed by atoms with van der Waals surface area (Å²) in [5, 5.41) is 11.1. The summed E-state index contributed by atoms with van der Waals surface area (Å²) in [6.07, 6.45) is 3.56. The van der Waals surface area contributed by atoms with Crippen LogP contribution >= 0.6 is 0 Å². The van der Waals surface area contributed by atoms with Crippen LogP contribution in [-0.2, 0) is 0 Å². The number of rotatable bonds is 1. The smallest absolute Gasteiger partial charge is 0.335 e. The van der Waals surface area contributed by atoms with E-state index < -0.39 is 5.97 Å². The van der Waals surface area contributed by atoms with E-state index in [-0.39, 0.29) is 5.56 Å². The number of hydrogen-bond donors (Lipinski definition) is 2. The lowest BCUT2D eigenvalue weighted by molar-refractivity contribution is 0.0697. The Morgan fingerprint density at radius 2 is 2.12 bits per heavy atom. The topological polar surface area (TPSA) is 66.0 Å². The zero-order chi connectivity index (χ0) is 12.0. The van der Waals surface area contributed by atoms with Crippen LogP contribution < -0.4 is 0 Å². The minimum Gasteiger partial charge on any atom is -0.478 e. The molecule has 0 bridgehead atoms. The van der Waals surface area contributed by atoms with Gasteiger partial charge in [-0.05, 0) is 24.6 Å². The molecule has 0 saturated carbocycles. The molecule has 4 nitrogen and oxygen atoms in total. The van der Waals surface area contributed by atoms with Crippen LogP contribution in [0.2, 0.25) is 0 Å². The molecule has 2 heterocycles. The molecule has 0 aliphatic carbocycles. The van der Waals surface area contributed by atoms with E-state index in [9.17, 15) is 4.79 Å². The lowest BCUT2D eigenvalue weighted by Crippen LogP contribution is -1.94. The number of aromatic amines is 1. The van der Waals surface area contributed by atoms with Gasteiger partial charge in [0.2, 0.25) is 0 Å². The summed E-state index contributed by atoms with van der Waals surface area (Å²) in [6.45, 7) is 1.99. The van der Waals surface area contributed by atoms with Gasteiger partial charge in [-0.15, -0.1) is 0 Å². The van der Waals surface area contributed by atoms with Gasteiger partial charge in [0.05, 0.1) is 17.3 Å². The van der Waals surface area contributed by atoms with E-state index in [1.807, 2.05) is 13.0 Å². The zero-order valence-corrected chi connectivity index (χ0v) is 9.19. The van der Waals surface area contributed by atoms with Crippen molar-refractivity contribution in [2.24, 2.45) is 0 Å². The molecule has 1 aromatic carbocycles. The maximum absolute atomic E-state index is 10.9. The van der Waals surface area contributed by atoms with Gasteiger partial charge in [-0.3, -0.25) is 4.98 Å². The van der Waals surface area contributed by atoms with Gasteiger partial charge in [0, 0.05) is 22.5 Å². The number of hydrogen-bond acceptors (Lipinski definition) is 2. The van der Waals surface area contributed by atoms with E-state index in [1.165, 1.54) is 0 Å². The first-order valence-corrected chi connectivity index (χ1v) is 5.26. The van der Waals surface area contributed by atoms with E-state index in [0.717, 1.165) is 27.4 Å². The average Bonchev–Trinajstić information content (AvgIpc) is 2.67. The Hall–Kier alpha value is -2.36. The third kappa shape index (κ3) is 1.38. The lowest BCUT2D eigenvalue weighted by atomic mass is 10.1. The van der Waals surface area contributed by atoms with E-state index >= 15 is 0 Å². The van der Waals surface area contributed by atoms with Crippen molar-refractivity contribution in [3.05, 3.63) is 41.7 Å². The van der Waals surface area contributed by atoms with E-state index in [4.69, 9.17) is 5.11 Å². The molecule has 3 aromatic rings. The second kappa shape index (κ2) is 3.31. The minimum atomic E-state index is -0.916. The molecule has 0 radical (unpaired) electrons. The summed E-state index contributed by atoms with van der Waals surface area (Å²) in [6, 6.07) is 5.11. The number of pyridine rings is 1. The summed E-state index contributed by atoms with van der Waals surface area (Å²) >= 11 is 0. The Kier molecular flexibility index (Phi) is 1.92. The average molecular weight is 226 g/mol. The van der Waals surface area contributed by atoms with Crippen molar-refractivity contribution in [3.8, 4) is 0 Å². The van der Waals surface area contributed by atoms with E-state index in [1.54, 1.807) is 24.5 Å². The third-order valence-corrected chi connectivity index (χ3v) is 2.94. The Morgan fingerprint density at radius 1 is 1.29 bits per heavy atom. The Labute approximate surface area is 96.9 Å². The number of aromatic nitrogens is 2. The van der Waals surface area contributed by atoms with Gasteiger partial charge >= 0.3 is 5.97 Å². The predicted octanol–water partition coefficient (Wildman–Crippen LogP) is 2.72. The number of H-pyrrole nitrogens is 1. The summed E-state index contributed by atoms with van der Waals surface area (Å²) in [4.78, 5) is 18.2. The van der Waals surface area contributed by atoms with Gasteiger partial charge in [0.1, 0.15) is 0 Å². The number of nitrogens with one attached hydrogen (secondary N) is 1. The van der Waals surface area contributed by atoms with Crippen molar-refractivity contribution in [1.82, 2.24) is 9.97 Å². The quantitative estimate of drug-likeness (QED) is 0.670. The molecule has 0 unspecified atom stereocenters. The van der Waals surface area contributed by atoms with Crippen LogP contribution in [0.3, 0.4) is 0 Å². The molecule has 0 spiro atoms. The van der Waals surface area contributed by atoms with Crippen LogP contribution in [0, 0.1) is 6.92 Å². The Bertz CT molecular complexity index is 744. The van der Waals surface area contributed by atoms with Crippen LogP contribution in [0.4, 0.5) is 0 Å². The van der Waals surface area contributed by atoms with Gasteiger partial charge in [-0.1, -0.05) is 6.07 Å². The van der Waals surface area contributed by atoms with Crippen molar-refractivity contribution in [3.63, 3.8) is 0 Å². The molecule has 84 valence electrons. The fourth-order valence-corrected chi connectivity index (χ4v) is 2.16. The van der Waals surface area contributed by atoms with E-state index in [2.05, 4.69) is 9.97 Å². The SMILES string of the molecule is Cc1cncc2[nH]c3cc(C(=O)O)ccc3c12. The molecular weight excluding hydrogens is 216 g/mol. The summed E-state index contributed by atoms with van der Waals surface area (Å²) in [5.74, 6) is -0.916. The molecular formula is C13H10N2O2. The second-order valence-electron chi connectivity index (χ2n) is 4.07. The number of nitrogens with zero attached hydrogens (tertiary/aromatic N) is 1. The highest BCUT2D eigenvalue weighted by Crippen LogP contribution is 2.27. The number of benzene rings is 1. The van der Waals surface area contributed by atoms with Crippen LogP contribution in [0.25, 0.3) is 21.8 Å². The van der Waals surface area contributed by atoms with Crippen molar-refractivity contribution in [2.45, 2.75) is 6.92 Å². The molecule has 4 heteroatoms. The zero-order valence-electron chi connectivity index (χ0n) is 9.19. The second-order valence-corrected chi connectivity index (χ2v) is 4.07. The van der Waals surface area contributed by atoms with Crippen LogP contribution in [0.1, 0.15) is 15.9 Å². The third-order valence-electron chi connectivity index (χ3n) is 2.94. The standard InChI is InChI=1S/C13H10N2O2/c1-7-5-14-6-11-12(7)9-3-2-8(13(16)17)4-10(9)15-11/h2-6,15H,1H3,(H,16,17). The predicted molar refractivity (Wildman–Crippen MR) is 65.3 cm³/mol. The number of aromatic carboxylic acids is 1. The van der Waals surface area contributed by atoms with Crippen LogP contribution in [-0.4, -0.2) is 21.0 Å². The molecule has 0 aliphatic rings. The molecule has 0 atom stereocenters. The lowest BCUT2D eigenvalue weighted by Gasteiger charge is -1.96. The van der Waals surface area contributed by atoms with Crippen molar-refractivity contribution in [1.29, 1.82) is 0 Å². The van der Waals surface area contributed by atoms with Crippen LogP contribution in [0.5, 0.6) is 0 Å². The van der Waals surface area contributed by atoms with Crippen molar-refractivity contribution < 1.29 is 9.90 Å². The normalized spacial score (nSPS) is 11.1. The first-order chi connectivity index (χ1) is 8.16. The van der Waals surface area contributed by atoms with Crippen molar-refractivity contribution >= 4 is 27.8 Å². The number of carbonyl (C=O) groups is 1. The molecule has 2 N–H and O–H groups in total. The van der Waals surface area contributed by atoms with Crippen LogP contribution in [0.15, 0.2) is 30.6 Å². The largest absolute Gasteiger partial charge is 0.478 e. The number of fused-ring (bicyclic) bond motifs is 3. The first kappa shape index (κ1) is 9.84. The molecule has 0 saturated heterocycles. The molecule has 0 amide bonds.